The number of carbonyl (C=O) groups is 1. The van der Waals surface area contributed by atoms with Crippen LogP contribution in [0.3, 0.4) is 0 Å². The molecule has 0 atom stereocenters. The molecule has 1 amide bonds. The first-order chi connectivity index (χ1) is 12.3. The van der Waals surface area contributed by atoms with Crippen LogP contribution >= 0.6 is 0 Å². The minimum absolute atomic E-state index is 0.0698. The monoisotopic (exact) mass is 330 g/mol. The lowest BCUT2D eigenvalue weighted by Crippen LogP contribution is -2.45. The minimum atomic E-state index is 0.0698. The van der Waals surface area contributed by atoms with Crippen LogP contribution in [0.2, 0.25) is 0 Å². The lowest BCUT2D eigenvalue weighted by atomic mass is 9.64. The topological polar surface area (TPSA) is 42.0 Å². The summed E-state index contributed by atoms with van der Waals surface area (Å²) in [7, 11) is 0. The highest BCUT2D eigenvalue weighted by Gasteiger charge is 2.38. The van der Waals surface area contributed by atoms with Gasteiger partial charge in [-0.15, -0.1) is 0 Å². The summed E-state index contributed by atoms with van der Waals surface area (Å²) < 4.78 is 0. The van der Waals surface area contributed by atoms with Gasteiger partial charge in [0.2, 0.25) is 5.91 Å². The Labute approximate surface area is 148 Å². The van der Waals surface area contributed by atoms with Crippen molar-refractivity contribution >= 4 is 16.8 Å². The molecule has 1 fully saturated rings. The predicted molar refractivity (Wildman–Crippen MR) is 100 cm³/mol. The largest absolute Gasteiger partial charge is 0.355 e. The van der Waals surface area contributed by atoms with Crippen molar-refractivity contribution in [2.75, 3.05) is 6.54 Å². The number of aromatic nitrogens is 1. The normalized spacial score (nSPS) is 15.5. The van der Waals surface area contributed by atoms with Gasteiger partial charge in [-0.2, -0.15) is 0 Å². The van der Waals surface area contributed by atoms with Crippen LogP contribution in [0, 0.1) is 0 Å². The fourth-order valence-corrected chi connectivity index (χ4v) is 3.78. The predicted octanol–water partition coefficient (Wildman–Crippen LogP) is 4.02. The zero-order chi connectivity index (χ0) is 17.1. The van der Waals surface area contributed by atoms with Gasteiger partial charge >= 0.3 is 0 Å². The van der Waals surface area contributed by atoms with Crippen molar-refractivity contribution in [3.05, 3.63) is 78.0 Å². The number of rotatable bonds is 5. The van der Waals surface area contributed by atoms with Gasteiger partial charge in [-0.3, -0.25) is 9.78 Å². The first kappa shape index (κ1) is 15.8. The molecule has 1 saturated carbocycles. The van der Waals surface area contributed by atoms with E-state index in [0.29, 0.717) is 13.0 Å². The van der Waals surface area contributed by atoms with E-state index < -0.39 is 0 Å². The molecule has 0 radical (unpaired) electrons. The van der Waals surface area contributed by atoms with Gasteiger partial charge in [0.05, 0.1) is 11.9 Å². The first-order valence-electron chi connectivity index (χ1n) is 8.92. The van der Waals surface area contributed by atoms with Crippen LogP contribution < -0.4 is 5.32 Å². The average Bonchev–Trinajstić information content (AvgIpc) is 2.62. The number of amides is 1. The second-order valence-corrected chi connectivity index (χ2v) is 6.95. The van der Waals surface area contributed by atoms with Crippen molar-refractivity contribution < 1.29 is 4.79 Å². The molecular formula is C22H22N2O. The number of nitrogens with zero attached hydrogens (tertiary/aromatic N) is 1. The summed E-state index contributed by atoms with van der Waals surface area (Å²) in [5.41, 5.74) is 3.36. The SMILES string of the molecule is O=C(Cc1cccc2cccnc12)NCC1(c2ccccc2)CCC1. The molecule has 4 rings (SSSR count). The van der Waals surface area contributed by atoms with E-state index in [9.17, 15) is 4.79 Å². The van der Waals surface area contributed by atoms with Crippen molar-refractivity contribution in [1.82, 2.24) is 10.3 Å². The molecule has 2 aromatic carbocycles. The zero-order valence-electron chi connectivity index (χ0n) is 14.2. The van der Waals surface area contributed by atoms with Crippen molar-refractivity contribution in [3.8, 4) is 0 Å². The number of nitrogens with one attached hydrogen (secondary N) is 1. The maximum atomic E-state index is 12.5. The molecule has 3 aromatic rings. The molecule has 1 N–H and O–H groups in total. The molecule has 126 valence electrons. The number of fused-ring (bicyclic) bond motifs is 1. The van der Waals surface area contributed by atoms with Crippen LogP contribution in [0.25, 0.3) is 10.9 Å². The molecule has 1 aromatic heterocycles. The van der Waals surface area contributed by atoms with Crippen LogP contribution in [0.1, 0.15) is 30.4 Å². The Hall–Kier alpha value is -2.68. The van der Waals surface area contributed by atoms with Crippen molar-refractivity contribution in [2.24, 2.45) is 0 Å². The van der Waals surface area contributed by atoms with Crippen molar-refractivity contribution in [3.63, 3.8) is 0 Å². The summed E-state index contributed by atoms with van der Waals surface area (Å²) in [5, 5.41) is 4.25. The summed E-state index contributed by atoms with van der Waals surface area (Å²) in [6, 6.07) is 20.5. The lowest BCUT2D eigenvalue weighted by molar-refractivity contribution is -0.120. The summed E-state index contributed by atoms with van der Waals surface area (Å²) in [4.78, 5) is 17.0. The summed E-state index contributed by atoms with van der Waals surface area (Å²) in [6.45, 7) is 0.716. The third-order valence-corrected chi connectivity index (χ3v) is 5.39. The Bertz CT molecular complexity index is 879. The Morgan fingerprint density at radius 2 is 1.80 bits per heavy atom. The molecule has 0 spiro atoms. The van der Waals surface area contributed by atoms with Gasteiger partial charge in [0.25, 0.3) is 0 Å². The quantitative estimate of drug-likeness (QED) is 0.768. The third kappa shape index (κ3) is 3.14. The van der Waals surface area contributed by atoms with Crippen LogP contribution in [0.4, 0.5) is 0 Å². The molecule has 1 aliphatic rings. The van der Waals surface area contributed by atoms with Gasteiger partial charge in [-0.05, 0) is 30.0 Å². The summed E-state index contributed by atoms with van der Waals surface area (Å²) >= 11 is 0. The van der Waals surface area contributed by atoms with Gasteiger partial charge in [0.15, 0.2) is 0 Å². The number of benzene rings is 2. The molecule has 0 saturated heterocycles. The molecule has 25 heavy (non-hydrogen) atoms. The van der Waals surface area contributed by atoms with Crippen LogP contribution in [-0.2, 0) is 16.6 Å². The molecule has 3 nitrogen and oxygen atoms in total. The van der Waals surface area contributed by atoms with Crippen LogP contribution in [-0.4, -0.2) is 17.4 Å². The van der Waals surface area contributed by atoms with E-state index in [1.807, 2.05) is 36.4 Å². The number of para-hydroxylation sites is 1. The fraction of sp³-hybridized carbons (Fsp3) is 0.273. The first-order valence-corrected chi connectivity index (χ1v) is 8.92. The van der Waals surface area contributed by atoms with Crippen LogP contribution in [0.15, 0.2) is 66.9 Å². The molecule has 0 unspecified atom stereocenters. The molecule has 0 aliphatic heterocycles. The minimum Gasteiger partial charge on any atom is -0.355 e. The van der Waals surface area contributed by atoms with Crippen LogP contribution in [0.5, 0.6) is 0 Å². The Morgan fingerprint density at radius 3 is 2.56 bits per heavy atom. The highest BCUT2D eigenvalue weighted by atomic mass is 16.1. The Morgan fingerprint density at radius 1 is 1.00 bits per heavy atom. The van der Waals surface area contributed by atoms with Crippen molar-refractivity contribution in [2.45, 2.75) is 31.1 Å². The highest BCUT2D eigenvalue weighted by Crippen LogP contribution is 2.43. The number of carbonyl (C=O) groups excluding carboxylic acids is 1. The molecular weight excluding hydrogens is 308 g/mol. The van der Waals surface area contributed by atoms with E-state index in [1.54, 1.807) is 6.20 Å². The maximum absolute atomic E-state index is 12.5. The Balaban J connectivity index is 1.46. The number of pyridine rings is 1. The average molecular weight is 330 g/mol. The summed E-state index contributed by atoms with van der Waals surface area (Å²) in [5.74, 6) is 0.0698. The van der Waals surface area contributed by atoms with E-state index in [-0.39, 0.29) is 11.3 Å². The zero-order valence-corrected chi connectivity index (χ0v) is 14.2. The third-order valence-electron chi connectivity index (χ3n) is 5.39. The highest BCUT2D eigenvalue weighted by molar-refractivity contribution is 5.87. The van der Waals surface area contributed by atoms with Gasteiger partial charge in [0.1, 0.15) is 0 Å². The Kier molecular flexibility index (Phi) is 4.22. The fourth-order valence-electron chi connectivity index (χ4n) is 3.78. The standard InChI is InChI=1S/C22H22N2O/c25-20(15-18-8-4-7-17-9-5-14-23-21(17)18)24-16-22(12-6-13-22)19-10-2-1-3-11-19/h1-5,7-11,14H,6,12-13,15-16H2,(H,24,25). The maximum Gasteiger partial charge on any atom is 0.224 e. The van der Waals surface area contributed by atoms with E-state index in [2.05, 4.69) is 34.6 Å². The number of hydrogen-bond acceptors (Lipinski definition) is 2. The van der Waals surface area contributed by atoms with E-state index in [1.165, 1.54) is 12.0 Å². The number of hydrogen-bond donors (Lipinski definition) is 1. The smallest absolute Gasteiger partial charge is 0.224 e. The second-order valence-electron chi connectivity index (χ2n) is 6.95. The second kappa shape index (κ2) is 6.67. The van der Waals surface area contributed by atoms with Gasteiger partial charge in [0, 0.05) is 23.5 Å². The molecule has 0 bridgehead atoms. The van der Waals surface area contributed by atoms with Gasteiger partial charge < -0.3 is 5.32 Å². The van der Waals surface area contributed by atoms with Gasteiger partial charge in [-0.1, -0.05) is 61.0 Å². The van der Waals surface area contributed by atoms with Crippen molar-refractivity contribution in [1.29, 1.82) is 0 Å². The lowest BCUT2D eigenvalue weighted by Gasteiger charge is -2.42. The van der Waals surface area contributed by atoms with E-state index in [4.69, 9.17) is 0 Å². The van der Waals surface area contributed by atoms with E-state index in [0.717, 1.165) is 29.3 Å². The molecule has 3 heteroatoms. The summed E-state index contributed by atoms with van der Waals surface area (Å²) in [6.07, 6.45) is 5.68. The van der Waals surface area contributed by atoms with E-state index >= 15 is 0 Å². The molecule has 1 heterocycles. The van der Waals surface area contributed by atoms with Gasteiger partial charge in [-0.25, -0.2) is 0 Å². The molecule has 1 aliphatic carbocycles.